The highest BCUT2D eigenvalue weighted by molar-refractivity contribution is 5.76. The van der Waals surface area contributed by atoms with Gasteiger partial charge >= 0.3 is 0 Å². The van der Waals surface area contributed by atoms with Gasteiger partial charge in [-0.25, -0.2) is 0 Å². The lowest BCUT2D eigenvalue weighted by atomic mass is 10.3. The van der Waals surface area contributed by atoms with Crippen molar-refractivity contribution in [1.29, 1.82) is 0 Å². The van der Waals surface area contributed by atoms with E-state index in [1.165, 1.54) is 10.9 Å². The van der Waals surface area contributed by atoms with Crippen LogP contribution in [0.3, 0.4) is 0 Å². The third kappa shape index (κ3) is 3.12. The van der Waals surface area contributed by atoms with E-state index in [2.05, 4.69) is 11.7 Å². The van der Waals surface area contributed by atoms with E-state index in [0.717, 1.165) is 0 Å². The van der Waals surface area contributed by atoms with Crippen molar-refractivity contribution in [3.63, 3.8) is 0 Å². The number of anilines is 1. The van der Waals surface area contributed by atoms with Gasteiger partial charge in [0, 0.05) is 18.8 Å². The van der Waals surface area contributed by atoms with Crippen molar-refractivity contribution >= 4 is 11.6 Å². The van der Waals surface area contributed by atoms with Crippen LogP contribution in [0.25, 0.3) is 0 Å². The molecule has 0 spiro atoms. The molecule has 16 heavy (non-hydrogen) atoms. The largest absolute Gasteiger partial charge is 0.396 e. The Bertz CT molecular complexity index is 370. The highest BCUT2D eigenvalue weighted by atomic mass is 16.2. The van der Waals surface area contributed by atoms with Crippen molar-refractivity contribution in [3.8, 4) is 0 Å². The van der Waals surface area contributed by atoms with E-state index in [1.807, 2.05) is 13.8 Å². The fraction of sp³-hybridized carbons (Fsp3) is 0.455. The molecular weight excluding hydrogens is 204 g/mol. The summed E-state index contributed by atoms with van der Waals surface area (Å²) in [6, 6.07) is 0.151. The first-order chi connectivity index (χ1) is 7.54. The van der Waals surface area contributed by atoms with Crippen LogP contribution in [-0.4, -0.2) is 33.2 Å². The Balaban J connectivity index is 2.65. The number of rotatable bonds is 5. The first kappa shape index (κ1) is 12.3. The minimum atomic E-state index is 0.0120. The molecule has 0 aliphatic heterocycles. The van der Waals surface area contributed by atoms with Crippen LogP contribution in [-0.2, 0) is 11.3 Å². The highest BCUT2D eigenvalue weighted by Crippen LogP contribution is 2.03. The summed E-state index contributed by atoms with van der Waals surface area (Å²) in [5.74, 6) is 0.0120. The van der Waals surface area contributed by atoms with Crippen LogP contribution in [0.2, 0.25) is 0 Å². The molecular formula is C11H18N4O. The van der Waals surface area contributed by atoms with Gasteiger partial charge in [-0.15, -0.1) is 6.58 Å². The lowest BCUT2D eigenvalue weighted by Crippen LogP contribution is -2.39. The maximum Gasteiger partial charge on any atom is 0.244 e. The molecule has 0 radical (unpaired) electrons. The zero-order valence-electron chi connectivity index (χ0n) is 9.76. The standard InChI is InChI=1S/C11H18N4O/c1-4-5-15(9(2)3)11(16)8-14-7-10(12)6-13-14/h4,6-7,9H,1,5,8,12H2,2-3H3. The number of nitrogen functional groups attached to an aromatic ring is 1. The minimum Gasteiger partial charge on any atom is -0.396 e. The van der Waals surface area contributed by atoms with E-state index in [1.54, 1.807) is 17.2 Å². The van der Waals surface area contributed by atoms with Gasteiger partial charge in [0.2, 0.25) is 5.91 Å². The number of nitrogens with two attached hydrogens (primary N) is 1. The summed E-state index contributed by atoms with van der Waals surface area (Å²) in [7, 11) is 0. The van der Waals surface area contributed by atoms with Gasteiger partial charge < -0.3 is 10.6 Å². The Morgan fingerprint density at radius 2 is 2.44 bits per heavy atom. The van der Waals surface area contributed by atoms with Gasteiger partial charge in [0.05, 0.1) is 11.9 Å². The molecule has 1 heterocycles. The van der Waals surface area contributed by atoms with Gasteiger partial charge in [-0.3, -0.25) is 9.48 Å². The minimum absolute atomic E-state index is 0.0120. The lowest BCUT2D eigenvalue weighted by Gasteiger charge is -2.25. The van der Waals surface area contributed by atoms with Crippen LogP contribution >= 0.6 is 0 Å². The lowest BCUT2D eigenvalue weighted by molar-refractivity contribution is -0.133. The Morgan fingerprint density at radius 3 is 2.88 bits per heavy atom. The van der Waals surface area contributed by atoms with E-state index in [9.17, 15) is 4.79 Å². The van der Waals surface area contributed by atoms with E-state index < -0.39 is 0 Å². The van der Waals surface area contributed by atoms with Crippen LogP contribution in [0, 0.1) is 0 Å². The number of carbonyl (C=O) groups excluding carboxylic acids is 1. The summed E-state index contributed by atoms with van der Waals surface area (Å²) in [5.41, 5.74) is 6.09. The number of hydrogen-bond acceptors (Lipinski definition) is 3. The summed E-state index contributed by atoms with van der Waals surface area (Å²) in [4.78, 5) is 13.7. The normalized spacial score (nSPS) is 10.4. The maximum absolute atomic E-state index is 11.9. The molecule has 0 unspecified atom stereocenters. The van der Waals surface area contributed by atoms with E-state index in [0.29, 0.717) is 12.2 Å². The molecule has 0 saturated carbocycles. The molecule has 5 nitrogen and oxygen atoms in total. The molecule has 0 atom stereocenters. The molecule has 1 aromatic rings. The second-order valence-electron chi connectivity index (χ2n) is 3.90. The van der Waals surface area contributed by atoms with Crippen LogP contribution < -0.4 is 5.73 Å². The molecule has 0 aliphatic rings. The van der Waals surface area contributed by atoms with Crippen LogP contribution in [0.1, 0.15) is 13.8 Å². The smallest absolute Gasteiger partial charge is 0.244 e. The molecule has 88 valence electrons. The van der Waals surface area contributed by atoms with E-state index in [4.69, 9.17) is 5.73 Å². The molecule has 1 amide bonds. The Kier molecular flexibility index (Phi) is 4.10. The molecule has 0 saturated heterocycles. The van der Waals surface area contributed by atoms with Gasteiger partial charge in [0.1, 0.15) is 6.54 Å². The highest BCUT2D eigenvalue weighted by Gasteiger charge is 2.15. The van der Waals surface area contributed by atoms with Crippen LogP contribution in [0.4, 0.5) is 5.69 Å². The molecule has 5 heteroatoms. The number of hydrogen-bond donors (Lipinski definition) is 1. The summed E-state index contributed by atoms with van der Waals surface area (Å²) >= 11 is 0. The Labute approximate surface area is 95.5 Å². The second-order valence-corrected chi connectivity index (χ2v) is 3.90. The molecule has 1 rings (SSSR count). The van der Waals surface area contributed by atoms with Gasteiger partial charge in [0.15, 0.2) is 0 Å². The third-order valence-corrected chi connectivity index (χ3v) is 2.22. The van der Waals surface area contributed by atoms with E-state index >= 15 is 0 Å². The average molecular weight is 222 g/mol. The van der Waals surface area contributed by atoms with Crippen LogP contribution in [0.5, 0.6) is 0 Å². The van der Waals surface area contributed by atoms with Crippen molar-refractivity contribution in [3.05, 3.63) is 25.0 Å². The van der Waals surface area contributed by atoms with Gasteiger partial charge in [-0.2, -0.15) is 5.10 Å². The van der Waals surface area contributed by atoms with Crippen molar-refractivity contribution in [1.82, 2.24) is 14.7 Å². The fourth-order valence-corrected chi connectivity index (χ4v) is 1.44. The van der Waals surface area contributed by atoms with Crippen LogP contribution in [0.15, 0.2) is 25.0 Å². The molecule has 0 aromatic carbocycles. The summed E-state index contributed by atoms with van der Waals surface area (Å²) in [6.07, 6.45) is 4.89. The average Bonchev–Trinajstić information content (AvgIpc) is 2.59. The van der Waals surface area contributed by atoms with Crippen molar-refractivity contribution < 1.29 is 4.79 Å². The van der Waals surface area contributed by atoms with Crippen molar-refractivity contribution in [2.75, 3.05) is 12.3 Å². The molecule has 0 aliphatic carbocycles. The fourth-order valence-electron chi connectivity index (χ4n) is 1.44. The maximum atomic E-state index is 11.9. The van der Waals surface area contributed by atoms with Crippen molar-refractivity contribution in [2.45, 2.75) is 26.4 Å². The monoisotopic (exact) mass is 222 g/mol. The Hall–Kier alpha value is -1.78. The first-order valence-electron chi connectivity index (χ1n) is 5.23. The summed E-state index contributed by atoms with van der Waals surface area (Å²) < 4.78 is 1.54. The summed E-state index contributed by atoms with van der Waals surface area (Å²) in [6.45, 7) is 8.34. The third-order valence-electron chi connectivity index (χ3n) is 2.22. The number of carbonyl (C=O) groups is 1. The molecule has 0 fully saturated rings. The number of amides is 1. The quantitative estimate of drug-likeness (QED) is 0.752. The zero-order valence-corrected chi connectivity index (χ0v) is 9.76. The Morgan fingerprint density at radius 1 is 1.75 bits per heavy atom. The van der Waals surface area contributed by atoms with E-state index in [-0.39, 0.29) is 18.5 Å². The topological polar surface area (TPSA) is 64.2 Å². The molecule has 0 bridgehead atoms. The zero-order chi connectivity index (χ0) is 12.1. The molecule has 2 N–H and O–H groups in total. The van der Waals surface area contributed by atoms with Gasteiger partial charge in [0.25, 0.3) is 0 Å². The predicted octanol–water partition coefficient (Wildman–Crippen LogP) is 0.888. The summed E-state index contributed by atoms with van der Waals surface area (Å²) in [5, 5.41) is 3.98. The molecule has 1 aromatic heterocycles. The number of aromatic nitrogens is 2. The first-order valence-corrected chi connectivity index (χ1v) is 5.23. The van der Waals surface area contributed by atoms with Gasteiger partial charge in [-0.05, 0) is 13.8 Å². The predicted molar refractivity (Wildman–Crippen MR) is 63.7 cm³/mol. The second kappa shape index (κ2) is 5.34. The SMILES string of the molecule is C=CCN(C(=O)Cn1cc(N)cn1)C(C)C. The number of nitrogens with zero attached hydrogens (tertiary/aromatic N) is 3. The van der Waals surface area contributed by atoms with Crippen molar-refractivity contribution in [2.24, 2.45) is 0 Å². The van der Waals surface area contributed by atoms with Gasteiger partial charge in [-0.1, -0.05) is 6.08 Å².